The molecule has 0 saturated carbocycles. The molecule has 25 heavy (non-hydrogen) atoms. The van der Waals surface area contributed by atoms with Crippen LogP contribution in [0.1, 0.15) is 42.5 Å². The van der Waals surface area contributed by atoms with Gasteiger partial charge in [-0.1, -0.05) is 19.9 Å². The van der Waals surface area contributed by atoms with E-state index in [0.29, 0.717) is 24.7 Å². The number of amides is 1. The van der Waals surface area contributed by atoms with Crippen molar-refractivity contribution in [2.45, 2.75) is 40.3 Å². The minimum Gasteiger partial charge on any atom is -0.336 e. The Morgan fingerprint density at radius 3 is 2.72 bits per heavy atom. The third-order valence-electron chi connectivity index (χ3n) is 4.05. The second-order valence-corrected chi connectivity index (χ2v) is 7.21. The fraction of sp³-hybridized carbons (Fsp3) is 0.444. The molecule has 0 saturated heterocycles. The van der Waals surface area contributed by atoms with Crippen molar-refractivity contribution in [1.29, 1.82) is 0 Å². The molecule has 0 fully saturated rings. The summed E-state index contributed by atoms with van der Waals surface area (Å²) < 4.78 is 10.3. The molecule has 0 aliphatic carbocycles. The minimum atomic E-state index is -0.0131. The third kappa shape index (κ3) is 3.87. The standard InChI is InChI=1S/C18H23N5OS/c1-5-23-17(10-14(19-23)8-12(2)3)18(24)22(4)11-13-6-7-15-16(9-13)21-25-20-15/h6-7,9-10,12H,5,8,11H2,1-4H3. The zero-order valence-corrected chi connectivity index (χ0v) is 15.9. The van der Waals surface area contributed by atoms with Crippen LogP contribution in [0.25, 0.3) is 11.0 Å². The number of fused-ring (bicyclic) bond motifs is 1. The molecule has 1 amide bonds. The Labute approximate surface area is 151 Å². The van der Waals surface area contributed by atoms with Gasteiger partial charge in [0.1, 0.15) is 16.7 Å². The molecule has 0 aliphatic heterocycles. The maximum atomic E-state index is 12.9. The molecule has 3 aromatic rings. The van der Waals surface area contributed by atoms with Crippen LogP contribution in [0.15, 0.2) is 24.3 Å². The number of hydrogen-bond acceptors (Lipinski definition) is 5. The van der Waals surface area contributed by atoms with E-state index in [4.69, 9.17) is 0 Å². The monoisotopic (exact) mass is 357 g/mol. The number of hydrogen-bond donors (Lipinski definition) is 0. The lowest BCUT2D eigenvalue weighted by Gasteiger charge is -2.17. The number of benzene rings is 1. The number of aromatic nitrogens is 4. The van der Waals surface area contributed by atoms with Gasteiger partial charge in [0, 0.05) is 20.1 Å². The second-order valence-electron chi connectivity index (χ2n) is 6.68. The molecule has 3 rings (SSSR count). The van der Waals surface area contributed by atoms with Gasteiger partial charge in [-0.25, -0.2) is 0 Å². The van der Waals surface area contributed by atoms with E-state index in [-0.39, 0.29) is 5.91 Å². The molecule has 0 spiro atoms. The summed E-state index contributed by atoms with van der Waals surface area (Å²) in [6, 6.07) is 7.86. The molecule has 0 unspecified atom stereocenters. The van der Waals surface area contributed by atoms with Crippen LogP contribution < -0.4 is 0 Å². The van der Waals surface area contributed by atoms with E-state index in [9.17, 15) is 4.79 Å². The molecule has 1 aromatic carbocycles. The van der Waals surface area contributed by atoms with E-state index in [1.54, 1.807) is 9.58 Å². The highest BCUT2D eigenvalue weighted by Gasteiger charge is 2.19. The summed E-state index contributed by atoms with van der Waals surface area (Å²) in [4.78, 5) is 14.6. The third-order valence-corrected chi connectivity index (χ3v) is 4.61. The van der Waals surface area contributed by atoms with Crippen molar-refractivity contribution in [1.82, 2.24) is 23.4 Å². The van der Waals surface area contributed by atoms with Crippen LogP contribution in [-0.4, -0.2) is 36.4 Å². The van der Waals surface area contributed by atoms with Gasteiger partial charge >= 0.3 is 0 Å². The molecule has 0 aliphatic rings. The number of aryl methyl sites for hydroxylation is 1. The Hall–Kier alpha value is -2.28. The molecule has 0 atom stereocenters. The van der Waals surface area contributed by atoms with Crippen molar-refractivity contribution in [2.24, 2.45) is 5.92 Å². The molecule has 2 heterocycles. The van der Waals surface area contributed by atoms with E-state index in [1.165, 1.54) is 11.7 Å². The van der Waals surface area contributed by atoms with Crippen LogP contribution in [0, 0.1) is 5.92 Å². The van der Waals surface area contributed by atoms with Crippen molar-refractivity contribution in [3.63, 3.8) is 0 Å². The van der Waals surface area contributed by atoms with E-state index in [2.05, 4.69) is 27.7 Å². The van der Waals surface area contributed by atoms with Crippen molar-refractivity contribution in [3.05, 3.63) is 41.2 Å². The Morgan fingerprint density at radius 1 is 1.24 bits per heavy atom. The molecule has 6 nitrogen and oxygen atoms in total. The van der Waals surface area contributed by atoms with Crippen LogP contribution in [0.2, 0.25) is 0 Å². The predicted octanol–water partition coefficient (Wildman–Crippen LogP) is 3.38. The summed E-state index contributed by atoms with van der Waals surface area (Å²) in [7, 11) is 1.82. The predicted molar refractivity (Wildman–Crippen MR) is 99.7 cm³/mol. The van der Waals surface area contributed by atoms with Crippen LogP contribution >= 0.6 is 11.7 Å². The number of carbonyl (C=O) groups excluding carboxylic acids is 1. The quantitative estimate of drug-likeness (QED) is 0.678. The Bertz CT molecular complexity index is 883. The van der Waals surface area contributed by atoms with Gasteiger partial charge in [-0.2, -0.15) is 13.8 Å². The lowest BCUT2D eigenvalue weighted by atomic mass is 10.1. The first-order chi connectivity index (χ1) is 12.0. The molecule has 0 radical (unpaired) electrons. The first-order valence-corrected chi connectivity index (χ1v) is 9.24. The van der Waals surface area contributed by atoms with Gasteiger partial charge in [-0.3, -0.25) is 9.48 Å². The van der Waals surface area contributed by atoms with Crippen LogP contribution in [0.4, 0.5) is 0 Å². The van der Waals surface area contributed by atoms with Crippen molar-refractivity contribution in [3.8, 4) is 0 Å². The van der Waals surface area contributed by atoms with Crippen LogP contribution in [0.3, 0.4) is 0 Å². The van der Waals surface area contributed by atoms with Gasteiger partial charge in [-0.05, 0) is 43.0 Å². The van der Waals surface area contributed by atoms with Gasteiger partial charge in [0.2, 0.25) is 0 Å². The molecule has 0 N–H and O–H groups in total. The Morgan fingerprint density at radius 2 is 2.00 bits per heavy atom. The summed E-state index contributed by atoms with van der Waals surface area (Å²) in [6.07, 6.45) is 0.879. The first-order valence-electron chi connectivity index (χ1n) is 8.51. The highest BCUT2D eigenvalue weighted by Crippen LogP contribution is 2.17. The highest BCUT2D eigenvalue weighted by atomic mass is 32.1. The van der Waals surface area contributed by atoms with E-state index >= 15 is 0 Å². The van der Waals surface area contributed by atoms with E-state index < -0.39 is 0 Å². The molecule has 0 bridgehead atoms. The zero-order chi connectivity index (χ0) is 18.0. The van der Waals surface area contributed by atoms with Gasteiger partial charge in [0.05, 0.1) is 17.4 Å². The van der Waals surface area contributed by atoms with Crippen LogP contribution in [0.5, 0.6) is 0 Å². The SMILES string of the molecule is CCn1nc(CC(C)C)cc1C(=O)N(C)Cc1ccc2nsnc2c1. The Kier molecular flexibility index (Phi) is 5.13. The summed E-state index contributed by atoms with van der Waals surface area (Å²) in [5.41, 5.74) is 4.44. The van der Waals surface area contributed by atoms with Gasteiger partial charge in [0.15, 0.2) is 0 Å². The van der Waals surface area contributed by atoms with Crippen molar-refractivity contribution < 1.29 is 4.79 Å². The maximum Gasteiger partial charge on any atom is 0.272 e. The number of carbonyl (C=O) groups is 1. The van der Waals surface area contributed by atoms with E-state index in [1.807, 2.05) is 38.2 Å². The average Bonchev–Trinajstić information content (AvgIpc) is 3.19. The fourth-order valence-corrected chi connectivity index (χ4v) is 3.39. The van der Waals surface area contributed by atoms with Crippen molar-refractivity contribution in [2.75, 3.05) is 7.05 Å². The van der Waals surface area contributed by atoms with Crippen LogP contribution in [-0.2, 0) is 19.5 Å². The Balaban J connectivity index is 1.78. The molecular weight excluding hydrogens is 334 g/mol. The first kappa shape index (κ1) is 17.5. The smallest absolute Gasteiger partial charge is 0.272 e. The fourth-order valence-electron chi connectivity index (χ4n) is 2.87. The number of rotatable bonds is 6. The molecular formula is C18H23N5OS. The largest absolute Gasteiger partial charge is 0.336 e. The average molecular weight is 357 g/mol. The van der Waals surface area contributed by atoms with E-state index in [0.717, 1.165) is 28.7 Å². The normalized spacial score (nSPS) is 11.4. The number of nitrogens with zero attached hydrogens (tertiary/aromatic N) is 5. The second kappa shape index (κ2) is 7.31. The zero-order valence-electron chi connectivity index (χ0n) is 15.1. The summed E-state index contributed by atoms with van der Waals surface area (Å²) in [6.45, 7) is 7.53. The molecule has 2 aromatic heterocycles. The topological polar surface area (TPSA) is 63.9 Å². The lowest BCUT2D eigenvalue weighted by molar-refractivity contribution is 0.0773. The maximum absolute atomic E-state index is 12.9. The summed E-state index contributed by atoms with van der Waals surface area (Å²) in [5, 5.41) is 4.57. The van der Waals surface area contributed by atoms with Gasteiger partial charge in [0.25, 0.3) is 5.91 Å². The lowest BCUT2D eigenvalue weighted by Crippen LogP contribution is -2.28. The minimum absolute atomic E-state index is 0.0131. The highest BCUT2D eigenvalue weighted by molar-refractivity contribution is 7.00. The summed E-state index contributed by atoms with van der Waals surface area (Å²) in [5.74, 6) is 0.500. The summed E-state index contributed by atoms with van der Waals surface area (Å²) >= 11 is 1.20. The molecule has 7 heteroatoms. The van der Waals surface area contributed by atoms with Gasteiger partial charge < -0.3 is 4.90 Å². The van der Waals surface area contributed by atoms with Gasteiger partial charge in [-0.15, -0.1) is 0 Å². The molecule has 132 valence electrons. The van der Waals surface area contributed by atoms with Crippen molar-refractivity contribution >= 4 is 28.7 Å².